The van der Waals surface area contributed by atoms with Crippen molar-refractivity contribution in [1.29, 1.82) is 0 Å². The van der Waals surface area contributed by atoms with Gasteiger partial charge in [-0.25, -0.2) is 9.59 Å². The quantitative estimate of drug-likeness (QED) is 0.239. The molecule has 2 aliphatic heterocycles. The van der Waals surface area contributed by atoms with Gasteiger partial charge >= 0.3 is 11.9 Å². The molecule has 6 heteroatoms. The van der Waals surface area contributed by atoms with Gasteiger partial charge in [-0.15, -0.1) is 0 Å². The predicted octanol–water partition coefficient (Wildman–Crippen LogP) is 5.63. The number of cyclic esters (lactones) is 2. The lowest BCUT2D eigenvalue weighted by Crippen LogP contribution is -2.12. The smallest absolute Gasteiger partial charge is 0.338 e. The molecule has 0 amide bonds. The third-order valence-corrected chi connectivity index (χ3v) is 5.76. The van der Waals surface area contributed by atoms with Crippen molar-refractivity contribution in [1.82, 2.24) is 0 Å². The summed E-state index contributed by atoms with van der Waals surface area (Å²) in [7, 11) is 1.52. The zero-order valence-corrected chi connectivity index (χ0v) is 19.8. The van der Waals surface area contributed by atoms with Crippen LogP contribution in [0.3, 0.4) is 0 Å². The third kappa shape index (κ3) is 7.83. The SMILES string of the molecule is COC1C=C(CCC/C(C)=C/C=C/C(C)CC/C=C(/C)CC2OC(=O)C(C)=C2O)C(=O)O1. The molecule has 0 aliphatic carbocycles. The minimum absolute atomic E-state index is 0.0558. The molecular formula is C26H36O6. The molecular weight excluding hydrogens is 408 g/mol. The second-order valence-electron chi connectivity index (χ2n) is 8.67. The average molecular weight is 445 g/mol. The molecule has 3 unspecified atom stereocenters. The Bertz CT molecular complexity index is 842. The number of aliphatic hydroxyl groups excluding tert-OH is 1. The van der Waals surface area contributed by atoms with Crippen LogP contribution in [-0.2, 0) is 23.8 Å². The fraction of sp³-hybridized carbons (Fsp3) is 0.538. The normalized spacial score (nSPS) is 23.1. The minimum Gasteiger partial charge on any atom is -0.508 e. The van der Waals surface area contributed by atoms with Crippen molar-refractivity contribution in [2.24, 2.45) is 5.92 Å². The third-order valence-electron chi connectivity index (χ3n) is 5.76. The molecule has 2 rings (SSSR count). The highest BCUT2D eigenvalue weighted by Gasteiger charge is 2.31. The number of aliphatic hydroxyl groups is 1. The van der Waals surface area contributed by atoms with Crippen LogP contribution >= 0.6 is 0 Å². The Morgan fingerprint density at radius 1 is 1.22 bits per heavy atom. The number of rotatable bonds is 12. The summed E-state index contributed by atoms with van der Waals surface area (Å²) < 4.78 is 15.3. The summed E-state index contributed by atoms with van der Waals surface area (Å²) in [5, 5.41) is 9.94. The first-order valence-electron chi connectivity index (χ1n) is 11.3. The molecule has 0 bridgehead atoms. The van der Waals surface area contributed by atoms with Gasteiger partial charge in [0.15, 0.2) is 6.10 Å². The molecule has 0 aromatic carbocycles. The van der Waals surface area contributed by atoms with Gasteiger partial charge in [-0.1, -0.05) is 42.4 Å². The minimum atomic E-state index is -0.541. The van der Waals surface area contributed by atoms with Crippen molar-refractivity contribution in [2.75, 3.05) is 7.11 Å². The van der Waals surface area contributed by atoms with Crippen molar-refractivity contribution in [3.63, 3.8) is 0 Å². The second-order valence-corrected chi connectivity index (χ2v) is 8.67. The highest BCUT2D eigenvalue weighted by Crippen LogP contribution is 2.25. The number of allylic oxidation sites excluding steroid dienone is 5. The van der Waals surface area contributed by atoms with Gasteiger partial charge in [0.25, 0.3) is 0 Å². The van der Waals surface area contributed by atoms with E-state index >= 15 is 0 Å². The van der Waals surface area contributed by atoms with Crippen LogP contribution in [0.4, 0.5) is 0 Å². The zero-order valence-electron chi connectivity index (χ0n) is 19.8. The first-order valence-corrected chi connectivity index (χ1v) is 11.3. The van der Waals surface area contributed by atoms with E-state index in [0.717, 1.165) is 31.3 Å². The molecule has 2 heterocycles. The lowest BCUT2D eigenvalue weighted by molar-refractivity contribution is -0.155. The molecule has 32 heavy (non-hydrogen) atoms. The van der Waals surface area contributed by atoms with Crippen LogP contribution in [0, 0.1) is 5.92 Å². The standard InChI is InChI=1S/C26H36O6/c1-17(11-7-13-19(3)15-22-24(27)20(4)25(28)31-22)9-6-10-18(2)12-8-14-21-16-23(30-5)32-26(21)29/h6,9-10,13,16-17,22-23,27H,7-8,11-12,14-15H2,1-5H3/b9-6+,18-10+,19-13-. The molecule has 0 saturated carbocycles. The Balaban J connectivity index is 1.66. The van der Waals surface area contributed by atoms with Gasteiger partial charge in [-0.2, -0.15) is 0 Å². The molecule has 2 aliphatic rings. The largest absolute Gasteiger partial charge is 0.508 e. The van der Waals surface area contributed by atoms with Crippen LogP contribution in [0.15, 0.2) is 58.4 Å². The topological polar surface area (TPSA) is 82.1 Å². The van der Waals surface area contributed by atoms with E-state index in [1.54, 1.807) is 13.0 Å². The summed E-state index contributed by atoms with van der Waals surface area (Å²) in [5.74, 6) is -0.211. The summed E-state index contributed by atoms with van der Waals surface area (Å²) >= 11 is 0. The Morgan fingerprint density at radius 2 is 1.97 bits per heavy atom. The van der Waals surface area contributed by atoms with Crippen molar-refractivity contribution in [3.05, 3.63) is 58.4 Å². The molecule has 0 aromatic rings. The van der Waals surface area contributed by atoms with E-state index in [9.17, 15) is 14.7 Å². The Morgan fingerprint density at radius 3 is 2.59 bits per heavy atom. The molecule has 0 spiro atoms. The van der Waals surface area contributed by atoms with Crippen LogP contribution in [0.5, 0.6) is 0 Å². The van der Waals surface area contributed by atoms with Crippen LogP contribution in [0.25, 0.3) is 0 Å². The van der Waals surface area contributed by atoms with Gasteiger partial charge < -0.3 is 19.3 Å². The monoisotopic (exact) mass is 444 g/mol. The summed E-state index contributed by atoms with van der Waals surface area (Å²) in [6.07, 6.45) is 14.2. The fourth-order valence-electron chi connectivity index (χ4n) is 3.62. The van der Waals surface area contributed by atoms with Crippen molar-refractivity contribution >= 4 is 11.9 Å². The maximum Gasteiger partial charge on any atom is 0.338 e. The lowest BCUT2D eigenvalue weighted by Gasteiger charge is -2.11. The number of ether oxygens (including phenoxy) is 3. The van der Waals surface area contributed by atoms with Crippen LogP contribution in [-0.4, -0.2) is 36.5 Å². The number of hydrogen-bond donors (Lipinski definition) is 1. The van der Waals surface area contributed by atoms with E-state index in [4.69, 9.17) is 14.2 Å². The van der Waals surface area contributed by atoms with Gasteiger partial charge in [0, 0.05) is 19.1 Å². The Hall–Kier alpha value is -2.60. The zero-order chi connectivity index (χ0) is 23.7. The molecule has 0 saturated heterocycles. The number of carbonyl (C=O) groups is 2. The second kappa shape index (κ2) is 12.4. The van der Waals surface area contributed by atoms with Crippen LogP contribution in [0.1, 0.15) is 66.2 Å². The maximum absolute atomic E-state index is 11.7. The number of carbonyl (C=O) groups excluding carboxylic acids is 2. The fourth-order valence-corrected chi connectivity index (χ4v) is 3.62. The molecule has 0 radical (unpaired) electrons. The number of hydrogen-bond acceptors (Lipinski definition) is 6. The number of methoxy groups -OCH3 is 1. The summed E-state index contributed by atoms with van der Waals surface area (Å²) in [5.41, 5.74) is 3.38. The van der Waals surface area contributed by atoms with Crippen LogP contribution < -0.4 is 0 Å². The van der Waals surface area contributed by atoms with Gasteiger partial charge in [0.1, 0.15) is 5.76 Å². The van der Waals surface area contributed by atoms with E-state index in [-0.39, 0.29) is 11.7 Å². The highest BCUT2D eigenvalue weighted by atomic mass is 16.7. The van der Waals surface area contributed by atoms with E-state index < -0.39 is 18.4 Å². The molecule has 0 aromatic heterocycles. The highest BCUT2D eigenvalue weighted by molar-refractivity contribution is 5.91. The van der Waals surface area contributed by atoms with Crippen molar-refractivity contribution in [2.45, 2.75) is 78.6 Å². The molecule has 6 nitrogen and oxygen atoms in total. The molecule has 3 atom stereocenters. The lowest BCUT2D eigenvalue weighted by atomic mass is 10.0. The van der Waals surface area contributed by atoms with E-state index in [1.165, 1.54) is 12.7 Å². The van der Waals surface area contributed by atoms with Gasteiger partial charge in [0.2, 0.25) is 6.29 Å². The summed E-state index contributed by atoms with van der Waals surface area (Å²) in [4.78, 5) is 23.2. The molecule has 1 N–H and O–H groups in total. The van der Waals surface area contributed by atoms with Gasteiger partial charge in [0.05, 0.1) is 5.57 Å². The first-order chi connectivity index (χ1) is 15.2. The summed E-state index contributed by atoms with van der Waals surface area (Å²) in [6, 6.07) is 0. The first kappa shape index (κ1) is 25.7. The van der Waals surface area contributed by atoms with Crippen molar-refractivity contribution in [3.8, 4) is 0 Å². The predicted molar refractivity (Wildman–Crippen MR) is 124 cm³/mol. The van der Waals surface area contributed by atoms with Gasteiger partial charge in [-0.3, -0.25) is 0 Å². The molecule has 0 fully saturated rings. The Labute approximate surface area is 191 Å². The number of esters is 2. The molecule has 176 valence electrons. The Kier molecular flexibility index (Phi) is 9.97. The van der Waals surface area contributed by atoms with Gasteiger partial charge in [-0.05, 0) is 64.9 Å². The van der Waals surface area contributed by atoms with E-state index in [1.807, 2.05) is 6.92 Å². The van der Waals surface area contributed by atoms with E-state index in [0.29, 0.717) is 29.9 Å². The van der Waals surface area contributed by atoms with Crippen LogP contribution in [0.2, 0.25) is 0 Å². The summed E-state index contributed by atoms with van der Waals surface area (Å²) in [6.45, 7) is 7.87. The average Bonchev–Trinajstić information content (AvgIpc) is 3.22. The maximum atomic E-state index is 11.7. The van der Waals surface area contributed by atoms with E-state index in [2.05, 4.69) is 38.2 Å². The van der Waals surface area contributed by atoms with Crippen molar-refractivity contribution < 1.29 is 28.9 Å².